The van der Waals surface area contributed by atoms with Crippen molar-refractivity contribution in [2.75, 3.05) is 47.9 Å². The van der Waals surface area contributed by atoms with Crippen molar-refractivity contribution in [3.05, 3.63) is 29.8 Å². The highest BCUT2D eigenvalue weighted by Crippen LogP contribution is 2.47. The van der Waals surface area contributed by atoms with Gasteiger partial charge in [-0.1, -0.05) is 24.6 Å². The van der Waals surface area contributed by atoms with Crippen LogP contribution >= 0.6 is 0 Å². The van der Waals surface area contributed by atoms with Gasteiger partial charge >= 0.3 is 0 Å². The molecule has 2 aliphatic rings. The Hall–Kier alpha value is -1.75. The number of ether oxygens (including phenoxy) is 1. The molecular weight excluding hydrogens is 312 g/mol. The predicted molar refractivity (Wildman–Crippen MR) is 103 cm³/mol. The van der Waals surface area contributed by atoms with E-state index < -0.39 is 0 Å². The van der Waals surface area contributed by atoms with Crippen LogP contribution in [-0.4, -0.2) is 63.6 Å². The van der Waals surface area contributed by atoms with Gasteiger partial charge in [0, 0.05) is 32.2 Å². The monoisotopic (exact) mass is 344 g/mol. The molecule has 2 fully saturated rings. The average molecular weight is 345 g/mol. The zero-order valence-corrected chi connectivity index (χ0v) is 16.1. The van der Waals surface area contributed by atoms with Gasteiger partial charge in [0.05, 0.1) is 13.2 Å². The molecular formula is C20H32N4O. The third kappa shape index (κ3) is 3.76. The van der Waals surface area contributed by atoms with Crippen LogP contribution in [0.15, 0.2) is 29.3 Å². The number of methoxy groups -OCH3 is 1. The first kappa shape index (κ1) is 18.1. The van der Waals surface area contributed by atoms with E-state index in [1.54, 1.807) is 7.11 Å². The van der Waals surface area contributed by atoms with E-state index in [-0.39, 0.29) is 6.04 Å². The SMILES string of the molecule is CN=C(NCC(c1ccccc1OC)N(C)C)N1CCC2(CCC2)C1. The molecule has 1 saturated carbocycles. The van der Waals surface area contributed by atoms with Gasteiger partial charge in [0.2, 0.25) is 0 Å². The van der Waals surface area contributed by atoms with Crippen LogP contribution in [0, 0.1) is 5.41 Å². The second-order valence-electron chi connectivity index (χ2n) is 7.67. The molecule has 5 heteroatoms. The molecule has 0 radical (unpaired) electrons. The van der Waals surface area contributed by atoms with E-state index in [9.17, 15) is 0 Å². The molecule has 1 heterocycles. The molecule has 3 rings (SSSR count). The fourth-order valence-corrected chi connectivity index (χ4v) is 4.23. The fourth-order valence-electron chi connectivity index (χ4n) is 4.23. The summed E-state index contributed by atoms with van der Waals surface area (Å²) in [7, 11) is 7.85. The second-order valence-corrected chi connectivity index (χ2v) is 7.67. The standard InChI is InChI=1S/C20H32N4O/c1-21-19(24-13-12-20(15-24)10-7-11-20)22-14-17(23(2)3)16-8-5-6-9-18(16)25-4/h5-6,8-9,17H,7,10-15H2,1-4H3,(H,21,22). The molecule has 1 atom stereocenters. The number of likely N-dealkylation sites (tertiary alicyclic amines) is 1. The van der Waals surface area contributed by atoms with Crippen molar-refractivity contribution in [2.45, 2.75) is 31.7 Å². The van der Waals surface area contributed by atoms with Crippen LogP contribution in [0.5, 0.6) is 5.75 Å². The summed E-state index contributed by atoms with van der Waals surface area (Å²) < 4.78 is 5.56. The van der Waals surface area contributed by atoms with Crippen molar-refractivity contribution in [1.29, 1.82) is 0 Å². The van der Waals surface area contributed by atoms with E-state index in [4.69, 9.17) is 4.74 Å². The molecule has 1 saturated heterocycles. The number of hydrogen-bond acceptors (Lipinski definition) is 3. The number of likely N-dealkylation sites (N-methyl/N-ethyl adjacent to an activating group) is 1. The first-order chi connectivity index (χ1) is 12.1. The minimum absolute atomic E-state index is 0.230. The summed E-state index contributed by atoms with van der Waals surface area (Å²) in [5.74, 6) is 1.97. The Morgan fingerprint density at radius 2 is 2.08 bits per heavy atom. The number of guanidine groups is 1. The first-order valence-corrected chi connectivity index (χ1v) is 9.33. The lowest BCUT2D eigenvalue weighted by Crippen LogP contribution is -2.45. The van der Waals surface area contributed by atoms with E-state index >= 15 is 0 Å². The highest BCUT2D eigenvalue weighted by molar-refractivity contribution is 5.80. The topological polar surface area (TPSA) is 40.1 Å². The minimum Gasteiger partial charge on any atom is -0.496 e. The number of para-hydroxylation sites is 1. The molecule has 1 spiro atoms. The zero-order valence-electron chi connectivity index (χ0n) is 16.1. The number of nitrogens with one attached hydrogen (secondary N) is 1. The third-order valence-electron chi connectivity index (χ3n) is 5.94. The van der Waals surface area contributed by atoms with Crippen LogP contribution in [0.25, 0.3) is 0 Å². The molecule has 0 bridgehead atoms. The van der Waals surface area contributed by atoms with Crippen LogP contribution < -0.4 is 10.1 Å². The lowest BCUT2D eigenvalue weighted by Gasteiger charge is -2.38. The van der Waals surface area contributed by atoms with Crippen LogP contribution in [0.1, 0.15) is 37.3 Å². The molecule has 1 aromatic carbocycles. The number of aliphatic imine (C=N–C) groups is 1. The summed E-state index contributed by atoms with van der Waals surface area (Å²) in [5, 5.41) is 3.61. The normalized spacial score (nSPS) is 20.7. The zero-order chi connectivity index (χ0) is 17.9. The smallest absolute Gasteiger partial charge is 0.193 e. The molecule has 1 aliphatic carbocycles. The van der Waals surface area contributed by atoms with Gasteiger partial charge < -0.3 is 19.9 Å². The van der Waals surface area contributed by atoms with Crippen molar-refractivity contribution in [3.63, 3.8) is 0 Å². The van der Waals surface area contributed by atoms with E-state index in [0.29, 0.717) is 5.41 Å². The maximum atomic E-state index is 5.56. The van der Waals surface area contributed by atoms with E-state index in [1.807, 2.05) is 19.2 Å². The second kappa shape index (κ2) is 7.65. The van der Waals surface area contributed by atoms with Gasteiger partial charge in [0.1, 0.15) is 5.75 Å². The van der Waals surface area contributed by atoms with Crippen molar-refractivity contribution < 1.29 is 4.74 Å². The van der Waals surface area contributed by atoms with Gasteiger partial charge in [-0.05, 0) is 44.8 Å². The Labute approximate surface area is 152 Å². The molecule has 1 unspecified atom stereocenters. The van der Waals surface area contributed by atoms with Crippen LogP contribution in [0.3, 0.4) is 0 Å². The third-order valence-corrected chi connectivity index (χ3v) is 5.94. The molecule has 138 valence electrons. The van der Waals surface area contributed by atoms with E-state index in [0.717, 1.165) is 31.3 Å². The molecule has 0 amide bonds. The molecule has 1 N–H and O–H groups in total. The highest BCUT2D eigenvalue weighted by atomic mass is 16.5. The molecule has 1 aromatic rings. The Kier molecular flexibility index (Phi) is 5.52. The largest absolute Gasteiger partial charge is 0.496 e. The van der Waals surface area contributed by atoms with Gasteiger partial charge in [-0.25, -0.2) is 0 Å². The Bertz CT molecular complexity index is 609. The molecule has 0 aromatic heterocycles. The number of hydrogen-bond donors (Lipinski definition) is 1. The van der Waals surface area contributed by atoms with E-state index in [2.05, 4.69) is 46.3 Å². The minimum atomic E-state index is 0.230. The maximum absolute atomic E-state index is 5.56. The van der Waals surface area contributed by atoms with Crippen LogP contribution in [-0.2, 0) is 0 Å². The highest BCUT2D eigenvalue weighted by Gasteiger charge is 2.43. The van der Waals surface area contributed by atoms with Gasteiger partial charge in [-0.15, -0.1) is 0 Å². The van der Waals surface area contributed by atoms with Gasteiger partial charge in [0.25, 0.3) is 0 Å². The van der Waals surface area contributed by atoms with Crippen molar-refractivity contribution in [2.24, 2.45) is 10.4 Å². The lowest BCUT2D eigenvalue weighted by molar-refractivity contribution is 0.151. The Balaban J connectivity index is 1.66. The van der Waals surface area contributed by atoms with E-state index in [1.165, 1.54) is 31.2 Å². The summed E-state index contributed by atoms with van der Waals surface area (Å²) in [6, 6.07) is 8.50. The predicted octanol–water partition coefficient (Wildman–Crippen LogP) is 2.75. The summed E-state index contributed by atoms with van der Waals surface area (Å²) in [6.07, 6.45) is 5.50. The quantitative estimate of drug-likeness (QED) is 0.659. The first-order valence-electron chi connectivity index (χ1n) is 9.33. The average Bonchev–Trinajstić information content (AvgIpc) is 3.04. The summed E-state index contributed by atoms with van der Waals surface area (Å²) >= 11 is 0. The van der Waals surface area contributed by atoms with Crippen LogP contribution in [0.4, 0.5) is 0 Å². The number of rotatable bonds is 5. The lowest BCUT2D eigenvalue weighted by atomic mass is 9.68. The van der Waals surface area contributed by atoms with Crippen molar-refractivity contribution in [3.8, 4) is 5.75 Å². The maximum Gasteiger partial charge on any atom is 0.193 e. The van der Waals surface area contributed by atoms with Gasteiger partial charge in [-0.3, -0.25) is 4.99 Å². The molecule has 25 heavy (non-hydrogen) atoms. The number of benzene rings is 1. The van der Waals surface area contributed by atoms with Crippen molar-refractivity contribution in [1.82, 2.24) is 15.1 Å². The summed E-state index contributed by atoms with van der Waals surface area (Å²) in [4.78, 5) is 9.21. The number of nitrogens with zero attached hydrogens (tertiary/aromatic N) is 3. The summed E-state index contributed by atoms with van der Waals surface area (Å²) in [6.45, 7) is 3.10. The Morgan fingerprint density at radius 1 is 1.32 bits per heavy atom. The fraction of sp³-hybridized carbons (Fsp3) is 0.650. The molecule has 5 nitrogen and oxygen atoms in total. The summed E-state index contributed by atoms with van der Waals surface area (Å²) in [5.41, 5.74) is 1.79. The van der Waals surface area contributed by atoms with Crippen LogP contribution in [0.2, 0.25) is 0 Å². The van der Waals surface area contributed by atoms with Gasteiger partial charge in [-0.2, -0.15) is 0 Å². The van der Waals surface area contributed by atoms with Crippen molar-refractivity contribution >= 4 is 5.96 Å². The van der Waals surface area contributed by atoms with Gasteiger partial charge in [0.15, 0.2) is 5.96 Å². The molecule has 1 aliphatic heterocycles. The Morgan fingerprint density at radius 3 is 2.64 bits per heavy atom.